The zero-order valence-corrected chi connectivity index (χ0v) is 12.1. The van der Waals surface area contributed by atoms with Gasteiger partial charge in [0.05, 0.1) is 5.69 Å². The van der Waals surface area contributed by atoms with E-state index in [0.717, 1.165) is 10.9 Å². The predicted octanol–water partition coefficient (Wildman–Crippen LogP) is 2.56. The number of halogens is 1. The molecule has 0 fully saturated rings. The smallest absolute Gasteiger partial charge is 0.313 e. The quantitative estimate of drug-likeness (QED) is 0.650. The molecule has 116 valence electrons. The number of carbonyl (C=O) groups excluding carboxylic acids is 2. The van der Waals surface area contributed by atoms with Crippen LogP contribution in [0.5, 0.6) is 0 Å². The zero-order valence-electron chi connectivity index (χ0n) is 12.1. The number of amides is 2. The van der Waals surface area contributed by atoms with Gasteiger partial charge < -0.3 is 15.6 Å². The number of hydrogen-bond acceptors (Lipinski definition) is 2. The van der Waals surface area contributed by atoms with Crippen molar-refractivity contribution < 1.29 is 14.0 Å². The molecule has 1 aromatic heterocycles. The average Bonchev–Trinajstić information content (AvgIpc) is 3.02. The van der Waals surface area contributed by atoms with Crippen molar-refractivity contribution in [2.75, 3.05) is 5.32 Å². The first-order valence-electron chi connectivity index (χ1n) is 7.03. The van der Waals surface area contributed by atoms with Crippen LogP contribution >= 0.6 is 0 Å². The number of H-pyrrole nitrogens is 1. The Labute approximate surface area is 131 Å². The van der Waals surface area contributed by atoms with E-state index < -0.39 is 11.8 Å². The maximum absolute atomic E-state index is 13.1. The van der Waals surface area contributed by atoms with Crippen LogP contribution in [0.4, 0.5) is 10.1 Å². The highest BCUT2D eigenvalue weighted by Crippen LogP contribution is 2.21. The van der Waals surface area contributed by atoms with Crippen molar-refractivity contribution >= 4 is 28.4 Å². The Bertz CT molecular complexity index is 873. The predicted molar refractivity (Wildman–Crippen MR) is 85.2 cm³/mol. The third-order valence-corrected chi connectivity index (χ3v) is 3.39. The molecule has 0 atom stereocenters. The molecule has 2 amide bonds. The minimum Gasteiger partial charge on any atom is -0.361 e. The fraction of sp³-hybridized carbons (Fsp3) is 0.0588. The van der Waals surface area contributed by atoms with E-state index in [1.807, 2.05) is 12.1 Å². The maximum Gasteiger partial charge on any atom is 0.313 e. The van der Waals surface area contributed by atoms with E-state index in [1.54, 1.807) is 30.5 Å². The van der Waals surface area contributed by atoms with Gasteiger partial charge in [0, 0.05) is 23.6 Å². The Morgan fingerprint density at radius 1 is 1.04 bits per heavy atom. The Hall–Kier alpha value is -3.15. The van der Waals surface area contributed by atoms with Gasteiger partial charge in [0.25, 0.3) is 0 Å². The highest BCUT2D eigenvalue weighted by atomic mass is 19.1. The minimum absolute atomic E-state index is 0.0817. The lowest BCUT2D eigenvalue weighted by Crippen LogP contribution is -2.35. The van der Waals surface area contributed by atoms with Gasteiger partial charge in [0.15, 0.2) is 0 Å². The number of carbonyl (C=O) groups is 2. The Morgan fingerprint density at radius 2 is 1.87 bits per heavy atom. The first-order chi connectivity index (χ1) is 11.1. The molecule has 0 aliphatic carbocycles. The lowest BCUT2D eigenvalue weighted by Gasteiger charge is -2.08. The summed E-state index contributed by atoms with van der Waals surface area (Å²) in [6.07, 6.45) is 1.75. The molecule has 0 saturated carbocycles. The largest absolute Gasteiger partial charge is 0.361 e. The fourth-order valence-electron chi connectivity index (χ4n) is 2.28. The van der Waals surface area contributed by atoms with E-state index in [-0.39, 0.29) is 12.4 Å². The zero-order chi connectivity index (χ0) is 16.2. The molecule has 0 aliphatic heterocycles. The van der Waals surface area contributed by atoms with Crippen LogP contribution in [-0.4, -0.2) is 16.8 Å². The molecule has 3 rings (SSSR count). The van der Waals surface area contributed by atoms with Gasteiger partial charge in [-0.1, -0.05) is 18.2 Å². The summed E-state index contributed by atoms with van der Waals surface area (Å²) in [6, 6.07) is 13.0. The van der Waals surface area contributed by atoms with Crippen LogP contribution in [0, 0.1) is 5.82 Å². The van der Waals surface area contributed by atoms with Crippen LogP contribution in [-0.2, 0) is 16.1 Å². The number of rotatable bonds is 3. The molecular weight excluding hydrogens is 297 g/mol. The fourth-order valence-corrected chi connectivity index (χ4v) is 2.28. The minimum atomic E-state index is -0.776. The lowest BCUT2D eigenvalue weighted by molar-refractivity contribution is -0.136. The summed E-state index contributed by atoms with van der Waals surface area (Å²) >= 11 is 0. The van der Waals surface area contributed by atoms with Gasteiger partial charge in [-0.15, -0.1) is 0 Å². The number of anilines is 1. The topological polar surface area (TPSA) is 74.0 Å². The maximum atomic E-state index is 13.1. The summed E-state index contributed by atoms with van der Waals surface area (Å²) in [5.41, 5.74) is 2.00. The van der Waals surface area contributed by atoms with Gasteiger partial charge in [0.2, 0.25) is 0 Å². The van der Waals surface area contributed by atoms with E-state index in [1.165, 1.54) is 12.1 Å². The second-order valence-electron chi connectivity index (χ2n) is 5.01. The highest BCUT2D eigenvalue weighted by Gasteiger charge is 2.14. The summed E-state index contributed by atoms with van der Waals surface area (Å²) < 4.78 is 13.1. The van der Waals surface area contributed by atoms with E-state index in [0.29, 0.717) is 11.3 Å². The molecular formula is C17H14FN3O2. The third-order valence-electron chi connectivity index (χ3n) is 3.39. The molecule has 3 aromatic rings. The molecule has 6 heteroatoms. The van der Waals surface area contributed by atoms with Crippen molar-refractivity contribution in [1.29, 1.82) is 0 Å². The van der Waals surface area contributed by atoms with Crippen molar-refractivity contribution in [1.82, 2.24) is 10.3 Å². The number of nitrogens with one attached hydrogen (secondary N) is 3. The second-order valence-corrected chi connectivity index (χ2v) is 5.01. The van der Waals surface area contributed by atoms with Gasteiger partial charge in [-0.3, -0.25) is 9.59 Å². The van der Waals surface area contributed by atoms with Crippen molar-refractivity contribution in [2.24, 2.45) is 0 Å². The first kappa shape index (κ1) is 14.8. The first-order valence-corrected chi connectivity index (χ1v) is 7.03. The van der Waals surface area contributed by atoms with Crippen molar-refractivity contribution in [2.45, 2.75) is 6.54 Å². The van der Waals surface area contributed by atoms with Gasteiger partial charge in [-0.05, 0) is 35.9 Å². The molecule has 0 unspecified atom stereocenters. The number of aromatic nitrogens is 1. The van der Waals surface area contributed by atoms with Crippen LogP contribution in [0.3, 0.4) is 0 Å². The summed E-state index contributed by atoms with van der Waals surface area (Å²) in [6.45, 7) is 0.0817. The second kappa shape index (κ2) is 6.31. The third kappa shape index (κ3) is 3.37. The standard InChI is InChI=1S/C17H14FN3O2/c18-12-4-1-3-11(9-12)10-20-16(22)17(23)21-15-6-2-5-14-13(15)7-8-19-14/h1-9,19H,10H2,(H,20,22)(H,21,23). The Morgan fingerprint density at radius 3 is 2.70 bits per heavy atom. The van der Waals surface area contributed by atoms with E-state index >= 15 is 0 Å². The van der Waals surface area contributed by atoms with Crippen LogP contribution in [0.2, 0.25) is 0 Å². The van der Waals surface area contributed by atoms with Crippen molar-refractivity contribution in [3.63, 3.8) is 0 Å². The van der Waals surface area contributed by atoms with Crippen LogP contribution < -0.4 is 10.6 Å². The highest BCUT2D eigenvalue weighted by molar-refractivity contribution is 6.40. The van der Waals surface area contributed by atoms with E-state index in [9.17, 15) is 14.0 Å². The molecule has 0 saturated heterocycles. The van der Waals surface area contributed by atoms with Crippen LogP contribution in [0.1, 0.15) is 5.56 Å². The molecule has 3 N–H and O–H groups in total. The van der Waals surface area contributed by atoms with Gasteiger partial charge >= 0.3 is 11.8 Å². The molecule has 2 aromatic carbocycles. The number of aromatic amines is 1. The molecule has 5 nitrogen and oxygen atoms in total. The summed E-state index contributed by atoms with van der Waals surface area (Å²) in [7, 11) is 0. The summed E-state index contributed by atoms with van der Waals surface area (Å²) in [4.78, 5) is 26.8. The molecule has 0 aliphatic rings. The summed E-state index contributed by atoms with van der Waals surface area (Å²) in [5.74, 6) is -1.93. The SMILES string of the molecule is O=C(NCc1cccc(F)c1)C(=O)Nc1cccc2[nH]ccc12. The van der Waals surface area contributed by atoms with E-state index in [4.69, 9.17) is 0 Å². The molecule has 0 bridgehead atoms. The van der Waals surface area contributed by atoms with Gasteiger partial charge in [-0.2, -0.15) is 0 Å². The molecule has 1 heterocycles. The molecule has 0 radical (unpaired) electrons. The van der Waals surface area contributed by atoms with Gasteiger partial charge in [-0.25, -0.2) is 4.39 Å². The number of fused-ring (bicyclic) bond motifs is 1. The Kier molecular flexibility index (Phi) is 4.05. The van der Waals surface area contributed by atoms with Crippen molar-refractivity contribution in [3.05, 3.63) is 66.1 Å². The molecule has 0 spiro atoms. The normalized spacial score (nSPS) is 10.5. The van der Waals surface area contributed by atoms with Crippen LogP contribution in [0.15, 0.2) is 54.7 Å². The van der Waals surface area contributed by atoms with Crippen molar-refractivity contribution in [3.8, 4) is 0 Å². The van der Waals surface area contributed by atoms with Gasteiger partial charge in [0.1, 0.15) is 5.82 Å². The average molecular weight is 311 g/mol. The summed E-state index contributed by atoms with van der Waals surface area (Å²) in [5, 5.41) is 5.85. The van der Waals surface area contributed by atoms with Crippen LogP contribution in [0.25, 0.3) is 10.9 Å². The number of hydrogen-bond donors (Lipinski definition) is 3. The number of benzene rings is 2. The van der Waals surface area contributed by atoms with E-state index in [2.05, 4.69) is 15.6 Å². The molecule has 23 heavy (non-hydrogen) atoms. The lowest BCUT2D eigenvalue weighted by atomic mass is 10.2. The monoisotopic (exact) mass is 311 g/mol. The Balaban J connectivity index is 1.64.